The predicted octanol–water partition coefficient (Wildman–Crippen LogP) is 3.77. The number of carbonyl (C=O) groups is 1. The molecule has 4 rings (SSSR count). The van der Waals surface area contributed by atoms with Crippen LogP contribution < -0.4 is 9.47 Å². The average molecular weight is 447 g/mol. The minimum Gasteiger partial charge on any atom is -0.492 e. The molecule has 1 aromatic carbocycles. The molecule has 1 fully saturated rings. The van der Waals surface area contributed by atoms with Gasteiger partial charge in [0.05, 0.1) is 12.8 Å². The van der Waals surface area contributed by atoms with Gasteiger partial charge in [-0.1, -0.05) is 18.2 Å². The van der Waals surface area contributed by atoms with Crippen molar-refractivity contribution in [2.24, 2.45) is 0 Å². The molecule has 0 aliphatic carbocycles. The van der Waals surface area contributed by atoms with Gasteiger partial charge in [0.25, 0.3) is 0 Å². The van der Waals surface area contributed by atoms with Crippen LogP contribution in [-0.2, 0) is 12.8 Å². The second kappa shape index (κ2) is 11.4. The Labute approximate surface area is 195 Å². The molecular weight excluding hydrogens is 416 g/mol. The Kier molecular flexibility index (Phi) is 7.87. The summed E-state index contributed by atoms with van der Waals surface area (Å²) < 4.78 is 11.3. The van der Waals surface area contributed by atoms with E-state index < -0.39 is 0 Å². The number of hydrogen-bond acceptors (Lipinski definition) is 6. The number of piperazine rings is 1. The Morgan fingerprint density at radius 1 is 0.939 bits per heavy atom. The molecule has 33 heavy (non-hydrogen) atoms. The molecule has 172 valence electrons. The molecule has 0 N–H and O–H groups in total. The highest BCUT2D eigenvalue weighted by Crippen LogP contribution is 2.15. The average Bonchev–Trinajstić information content (AvgIpc) is 2.86. The zero-order valence-corrected chi connectivity index (χ0v) is 19.0. The Balaban J connectivity index is 1.16. The number of nitrogens with zero attached hydrogens (tertiary/aromatic N) is 4. The number of carbonyl (C=O) groups excluding carboxylic acids is 1. The first-order chi connectivity index (χ1) is 16.2. The second-order valence-electron chi connectivity index (χ2n) is 8.20. The third-order valence-electron chi connectivity index (χ3n) is 5.71. The zero-order chi connectivity index (χ0) is 22.9. The molecule has 2 aromatic heterocycles. The topological polar surface area (TPSA) is 67.8 Å². The maximum absolute atomic E-state index is 12.5. The van der Waals surface area contributed by atoms with Crippen molar-refractivity contribution < 1.29 is 14.3 Å². The van der Waals surface area contributed by atoms with Crippen LogP contribution in [0.1, 0.15) is 16.8 Å². The largest absolute Gasteiger partial charge is 0.492 e. The van der Waals surface area contributed by atoms with E-state index in [1.807, 2.05) is 49.5 Å². The quantitative estimate of drug-likeness (QED) is 0.525. The molecule has 1 aliphatic rings. The maximum atomic E-state index is 12.5. The summed E-state index contributed by atoms with van der Waals surface area (Å²) in [7, 11) is 0. The summed E-state index contributed by atoms with van der Waals surface area (Å²) in [6.45, 7) is 6.59. The van der Waals surface area contributed by atoms with Gasteiger partial charge in [-0.05, 0) is 48.4 Å². The lowest BCUT2D eigenvalue weighted by molar-refractivity contribution is 0.111. The van der Waals surface area contributed by atoms with Crippen LogP contribution >= 0.6 is 0 Å². The Hall–Kier alpha value is -3.45. The molecule has 0 bridgehead atoms. The van der Waals surface area contributed by atoms with Gasteiger partial charge in [-0.2, -0.15) is 0 Å². The standard InChI is InChI=1S/C26H30N4O3/c1-21-4-7-23(28-19-21)10-13-29-14-16-30(17-15-29)26(31)33-24-8-5-22(6-9-24)11-18-32-25-3-2-12-27-20-25/h2-9,12,19-20H,10-11,13-18H2,1H3. The van der Waals surface area contributed by atoms with Crippen LogP contribution in [0.2, 0.25) is 0 Å². The fraction of sp³-hybridized carbons (Fsp3) is 0.346. The highest BCUT2D eigenvalue weighted by atomic mass is 16.6. The van der Waals surface area contributed by atoms with Gasteiger partial charge in [0.15, 0.2) is 0 Å². The molecule has 1 saturated heterocycles. The van der Waals surface area contributed by atoms with Gasteiger partial charge in [-0.15, -0.1) is 0 Å². The molecule has 1 amide bonds. The molecule has 1 aliphatic heterocycles. The summed E-state index contributed by atoms with van der Waals surface area (Å²) in [6, 6.07) is 15.5. The van der Waals surface area contributed by atoms with Crippen LogP contribution in [0.4, 0.5) is 4.79 Å². The molecule has 3 aromatic rings. The first kappa shape index (κ1) is 22.7. The lowest BCUT2D eigenvalue weighted by atomic mass is 10.1. The van der Waals surface area contributed by atoms with E-state index in [1.54, 1.807) is 17.3 Å². The van der Waals surface area contributed by atoms with Crippen molar-refractivity contribution in [1.29, 1.82) is 0 Å². The normalized spacial score (nSPS) is 14.2. The summed E-state index contributed by atoms with van der Waals surface area (Å²) >= 11 is 0. The highest BCUT2D eigenvalue weighted by molar-refractivity contribution is 5.70. The molecule has 7 heteroatoms. The van der Waals surface area contributed by atoms with Crippen LogP contribution in [0, 0.1) is 6.92 Å². The van der Waals surface area contributed by atoms with Gasteiger partial charge in [0, 0.05) is 63.7 Å². The van der Waals surface area contributed by atoms with Crippen molar-refractivity contribution in [1.82, 2.24) is 19.8 Å². The van der Waals surface area contributed by atoms with Crippen LogP contribution in [0.5, 0.6) is 11.5 Å². The lowest BCUT2D eigenvalue weighted by Gasteiger charge is -2.33. The molecule has 0 atom stereocenters. The van der Waals surface area contributed by atoms with Crippen LogP contribution in [-0.4, -0.2) is 65.2 Å². The van der Waals surface area contributed by atoms with Crippen molar-refractivity contribution in [3.63, 3.8) is 0 Å². The van der Waals surface area contributed by atoms with Crippen LogP contribution in [0.3, 0.4) is 0 Å². The number of aromatic nitrogens is 2. The van der Waals surface area contributed by atoms with E-state index >= 15 is 0 Å². The number of amides is 1. The smallest absolute Gasteiger partial charge is 0.415 e. The molecule has 0 unspecified atom stereocenters. The van der Waals surface area contributed by atoms with Crippen molar-refractivity contribution >= 4 is 6.09 Å². The van der Waals surface area contributed by atoms with Gasteiger partial charge in [-0.3, -0.25) is 14.9 Å². The molecule has 7 nitrogen and oxygen atoms in total. The van der Waals surface area contributed by atoms with Crippen molar-refractivity contribution in [3.8, 4) is 11.5 Å². The Morgan fingerprint density at radius 2 is 1.76 bits per heavy atom. The maximum Gasteiger partial charge on any atom is 0.415 e. The number of hydrogen-bond donors (Lipinski definition) is 0. The van der Waals surface area contributed by atoms with Gasteiger partial charge in [-0.25, -0.2) is 4.79 Å². The number of rotatable bonds is 8. The Morgan fingerprint density at radius 3 is 2.45 bits per heavy atom. The first-order valence-corrected chi connectivity index (χ1v) is 11.4. The number of benzene rings is 1. The number of pyridine rings is 2. The van der Waals surface area contributed by atoms with Gasteiger partial charge >= 0.3 is 6.09 Å². The third-order valence-corrected chi connectivity index (χ3v) is 5.71. The van der Waals surface area contributed by atoms with E-state index in [2.05, 4.69) is 27.0 Å². The van der Waals surface area contributed by atoms with E-state index in [0.717, 1.165) is 49.5 Å². The molecule has 0 spiro atoms. The van der Waals surface area contributed by atoms with Crippen molar-refractivity contribution in [3.05, 3.63) is 83.9 Å². The molecular formula is C26H30N4O3. The minimum absolute atomic E-state index is 0.289. The molecule has 0 saturated carbocycles. The fourth-order valence-corrected chi connectivity index (χ4v) is 3.68. The van der Waals surface area contributed by atoms with Gasteiger partial charge in [0.2, 0.25) is 0 Å². The van der Waals surface area contributed by atoms with E-state index in [-0.39, 0.29) is 6.09 Å². The van der Waals surface area contributed by atoms with E-state index in [4.69, 9.17) is 9.47 Å². The highest BCUT2D eigenvalue weighted by Gasteiger charge is 2.22. The minimum atomic E-state index is -0.289. The van der Waals surface area contributed by atoms with Crippen LogP contribution in [0.15, 0.2) is 67.1 Å². The van der Waals surface area contributed by atoms with Crippen LogP contribution in [0.25, 0.3) is 0 Å². The summed E-state index contributed by atoms with van der Waals surface area (Å²) in [5.74, 6) is 1.32. The summed E-state index contributed by atoms with van der Waals surface area (Å²) in [6.07, 6.45) is 6.72. The number of ether oxygens (including phenoxy) is 2. The predicted molar refractivity (Wildman–Crippen MR) is 127 cm³/mol. The summed E-state index contributed by atoms with van der Waals surface area (Å²) in [5, 5.41) is 0. The Bertz CT molecular complexity index is 1000. The van der Waals surface area contributed by atoms with Gasteiger partial charge in [0.1, 0.15) is 11.5 Å². The van der Waals surface area contributed by atoms with Crippen molar-refractivity contribution in [2.75, 3.05) is 39.3 Å². The fourth-order valence-electron chi connectivity index (χ4n) is 3.68. The monoisotopic (exact) mass is 446 g/mol. The first-order valence-electron chi connectivity index (χ1n) is 11.4. The third kappa shape index (κ3) is 7.02. The van der Waals surface area contributed by atoms with Crippen molar-refractivity contribution in [2.45, 2.75) is 19.8 Å². The van der Waals surface area contributed by atoms with E-state index in [1.165, 1.54) is 5.56 Å². The van der Waals surface area contributed by atoms with Gasteiger partial charge < -0.3 is 14.4 Å². The molecule has 0 radical (unpaired) electrons. The zero-order valence-electron chi connectivity index (χ0n) is 19.0. The molecule has 3 heterocycles. The summed E-state index contributed by atoms with van der Waals surface area (Å²) in [5.41, 5.74) is 3.40. The SMILES string of the molecule is Cc1ccc(CCN2CCN(C(=O)Oc3ccc(CCOc4cccnc4)cc3)CC2)nc1. The lowest BCUT2D eigenvalue weighted by Crippen LogP contribution is -2.49. The number of aryl methyl sites for hydroxylation is 1. The van der Waals surface area contributed by atoms with E-state index in [9.17, 15) is 4.79 Å². The summed E-state index contributed by atoms with van der Waals surface area (Å²) in [4.78, 5) is 25.2. The van der Waals surface area contributed by atoms with E-state index in [0.29, 0.717) is 25.4 Å². The second-order valence-corrected chi connectivity index (χ2v) is 8.20.